The van der Waals surface area contributed by atoms with E-state index in [0.29, 0.717) is 29.5 Å². The number of allylic oxidation sites excluding steroid dienone is 1. The SMILES string of the molecule is CCOC(=O)C1=C(C)N=c2s/c(=C/c3cc(Br)c(O)c(Br)c3)c(=O)n2[C@H]1c1cccc2ccccc12. The molecule has 0 spiro atoms. The van der Waals surface area contributed by atoms with Gasteiger partial charge in [-0.2, -0.15) is 0 Å². The first kappa shape index (κ1) is 24.7. The van der Waals surface area contributed by atoms with Gasteiger partial charge in [0.05, 0.1) is 37.4 Å². The van der Waals surface area contributed by atoms with Crippen molar-refractivity contribution >= 4 is 66.0 Å². The van der Waals surface area contributed by atoms with Crippen LogP contribution in [-0.4, -0.2) is 22.2 Å². The van der Waals surface area contributed by atoms with Gasteiger partial charge in [0, 0.05) is 0 Å². The van der Waals surface area contributed by atoms with E-state index in [1.54, 1.807) is 36.6 Å². The number of benzene rings is 3. The molecule has 0 fully saturated rings. The van der Waals surface area contributed by atoms with Crippen molar-refractivity contribution in [3.8, 4) is 5.75 Å². The van der Waals surface area contributed by atoms with E-state index >= 15 is 0 Å². The summed E-state index contributed by atoms with van der Waals surface area (Å²) < 4.78 is 8.45. The number of nitrogens with zero attached hydrogens (tertiary/aromatic N) is 2. The maximum atomic E-state index is 13.8. The van der Waals surface area contributed by atoms with E-state index in [1.165, 1.54) is 11.3 Å². The molecule has 182 valence electrons. The number of esters is 1. The van der Waals surface area contributed by atoms with Crippen LogP contribution in [-0.2, 0) is 9.53 Å². The zero-order chi connectivity index (χ0) is 25.6. The number of aromatic hydroxyl groups is 1. The lowest BCUT2D eigenvalue weighted by Crippen LogP contribution is -2.40. The Morgan fingerprint density at radius 2 is 1.86 bits per heavy atom. The van der Waals surface area contributed by atoms with E-state index in [1.807, 2.05) is 42.5 Å². The van der Waals surface area contributed by atoms with Crippen LogP contribution in [0.4, 0.5) is 0 Å². The van der Waals surface area contributed by atoms with Crippen LogP contribution < -0.4 is 14.9 Å². The summed E-state index contributed by atoms with van der Waals surface area (Å²) in [7, 11) is 0. The van der Waals surface area contributed by atoms with Crippen molar-refractivity contribution < 1.29 is 14.6 Å². The number of aromatic nitrogens is 1. The molecule has 1 aliphatic rings. The Morgan fingerprint density at radius 3 is 2.58 bits per heavy atom. The Balaban J connectivity index is 1.80. The quantitative estimate of drug-likeness (QED) is 0.316. The highest BCUT2D eigenvalue weighted by Gasteiger charge is 2.34. The number of carbonyl (C=O) groups excluding carboxylic acids is 1. The van der Waals surface area contributed by atoms with E-state index in [4.69, 9.17) is 4.74 Å². The highest BCUT2D eigenvalue weighted by atomic mass is 79.9. The second kappa shape index (κ2) is 9.80. The van der Waals surface area contributed by atoms with Gasteiger partial charge < -0.3 is 9.84 Å². The van der Waals surface area contributed by atoms with Gasteiger partial charge in [0.1, 0.15) is 5.75 Å². The topological polar surface area (TPSA) is 80.9 Å². The minimum absolute atomic E-state index is 0.0827. The third kappa shape index (κ3) is 4.25. The molecular weight excluding hydrogens is 608 g/mol. The monoisotopic (exact) mass is 626 g/mol. The smallest absolute Gasteiger partial charge is 0.338 e. The van der Waals surface area contributed by atoms with E-state index in [0.717, 1.165) is 21.9 Å². The molecule has 0 saturated carbocycles. The maximum Gasteiger partial charge on any atom is 0.338 e. The van der Waals surface area contributed by atoms with Crippen molar-refractivity contribution in [1.29, 1.82) is 0 Å². The Hall–Kier alpha value is -3.01. The summed E-state index contributed by atoms with van der Waals surface area (Å²) in [6, 6.07) is 16.5. The first-order valence-electron chi connectivity index (χ1n) is 11.2. The Kier molecular flexibility index (Phi) is 6.72. The van der Waals surface area contributed by atoms with E-state index in [-0.39, 0.29) is 17.9 Å². The molecule has 4 aromatic rings. The average Bonchev–Trinajstić information content (AvgIpc) is 3.15. The first-order valence-corrected chi connectivity index (χ1v) is 13.6. The number of fused-ring (bicyclic) bond motifs is 2. The fourth-order valence-corrected chi connectivity index (χ4v) is 6.66. The van der Waals surface area contributed by atoms with Crippen molar-refractivity contribution in [2.24, 2.45) is 4.99 Å². The van der Waals surface area contributed by atoms with Crippen LogP contribution in [0.1, 0.15) is 31.0 Å². The lowest BCUT2D eigenvalue weighted by atomic mass is 9.91. The predicted molar refractivity (Wildman–Crippen MR) is 148 cm³/mol. The third-order valence-corrected chi connectivity index (χ3v) is 8.16. The van der Waals surface area contributed by atoms with E-state index < -0.39 is 12.0 Å². The fraction of sp³-hybridized carbons (Fsp3) is 0.148. The summed E-state index contributed by atoms with van der Waals surface area (Å²) in [6.07, 6.45) is 1.75. The van der Waals surface area contributed by atoms with Crippen LogP contribution >= 0.6 is 43.2 Å². The average molecular weight is 628 g/mol. The number of halogens is 2. The Morgan fingerprint density at radius 1 is 1.17 bits per heavy atom. The van der Waals surface area contributed by atoms with Gasteiger partial charge in [0.2, 0.25) is 0 Å². The van der Waals surface area contributed by atoms with Crippen LogP contribution in [0, 0.1) is 0 Å². The number of hydrogen-bond donors (Lipinski definition) is 1. The van der Waals surface area contributed by atoms with Crippen molar-refractivity contribution in [3.63, 3.8) is 0 Å². The molecule has 6 nitrogen and oxygen atoms in total. The minimum Gasteiger partial charge on any atom is -0.506 e. The number of phenols is 1. The predicted octanol–water partition coefficient (Wildman–Crippen LogP) is 5.18. The van der Waals surface area contributed by atoms with Crippen molar-refractivity contribution in [3.05, 3.63) is 106 Å². The zero-order valence-electron chi connectivity index (χ0n) is 19.3. The highest BCUT2D eigenvalue weighted by Crippen LogP contribution is 2.35. The molecule has 36 heavy (non-hydrogen) atoms. The second-order valence-corrected chi connectivity index (χ2v) is 10.9. The van der Waals surface area contributed by atoms with Crippen LogP contribution in [0.5, 0.6) is 5.75 Å². The molecule has 5 rings (SSSR count). The molecule has 0 aliphatic carbocycles. The number of thiazole rings is 1. The summed E-state index contributed by atoms with van der Waals surface area (Å²) >= 11 is 7.93. The number of hydrogen-bond acceptors (Lipinski definition) is 6. The second-order valence-electron chi connectivity index (χ2n) is 8.20. The number of rotatable bonds is 4. The lowest BCUT2D eigenvalue weighted by Gasteiger charge is -2.25. The molecule has 2 heterocycles. The van der Waals surface area contributed by atoms with Crippen LogP contribution in [0.25, 0.3) is 16.8 Å². The van der Waals surface area contributed by atoms with Crippen LogP contribution in [0.3, 0.4) is 0 Å². The van der Waals surface area contributed by atoms with Gasteiger partial charge in [-0.05, 0) is 85.8 Å². The van der Waals surface area contributed by atoms with Gasteiger partial charge in [0.15, 0.2) is 4.80 Å². The summed E-state index contributed by atoms with van der Waals surface area (Å²) in [4.78, 5) is 32.1. The summed E-state index contributed by atoms with van der Waals surface area (Å²) in [5, 5.41) is 12.0. The molecule has 0 radical (unpaired) electrons. The van der Waals surface area contributed by atoms with Crippen LogP contribution in [0.2, 0.25) is 0 Å². The first-order chi connectivity index (χ1) is 17.3. The van der Waals surface area contributed by atoms with Gasteiger partial charge in [0.25, 0.3) is 5.56 Å². The van der Waals surface area contributed by atoms with Gasteiger partial charge in [-0.3, -0.25) is 9.36 Å². The van der Waals surface area contributed by atoms with Crippen molar-refractivity contribution in [1.82, 2.24) is 4.57 Å². The van der Waals surface area contributed by atoms with Crippen molar-refractivity contribution in [2.45, 2.75) is 19.9 Å². The standard InChI is InChI=1S/C27H20Br2N2O4S/c1-3-35-26(34)22-14(2)30-27-31(23(22)18-10-6-8-16-7-4-5-9-17(16)18)25(33)21(36-27)13-15-11-19(28)24(32)20(29)12-15/h4-13,23,32H,3H2,1-2H3/b21-13+/t23-/m0/s1. The van der Waals surface area contributed by atoms with Gasteiger partial charge in [-0.15, -0.1) is 0 Å². The highest BCUT2D eigenvalue weighted by molar-refractivity contribution is 9.11. The lowest BCUT2D eigenvalue weighted by molar-refractivity contribution is -0.139. The third-order valence-electron chi connectivity index (χ3n) is 5.97. The maximum absolute atomic E-state index is 13.8. The van der Waals surface area contributed by atoms with Crippen molar-refractivity contribution in [2.75, 3.05) is 6.61 Å². The summed E-state index contributed by atoms with van der Waals surface area (Å²) in [5.41, 5.74) is 2.16. The fourth-order valence-electron chi connectivity index (χ4n) is 4.39. The minimum atomic E-state index is -0.688. The molecule has 1 aliphatic heterocycles. The molecule has 1 N–H and O–H groups in total. The number of carbonyl (C=O) groups is 1. The van der Waals surface area contributed by atoms with Crippen LogP contribution in [0.15, 0.2) is 84.6 Å². The molecule has 9 heteroatoms. The van der Waals surface area contributed by atoms with E-state index in [2.05, 4.69) is 36.9 Å². The molecular formula is C27H20Br2N2O4S. The normalized spacial score (nSPS) is 15.7. The Labute approximate surface area is 227 Å². The molecule has 0 saturated heterocycles. The van der Waals surface area contributed by atoms with Gasteiger partial charge in [-0.25, -0.2) is 9.79 Å². The molecule has 0 unspecified atom stereocenters. The largest absolute Gasteiger partial charge is 0.506 e. The molecule has 1 aromatic heterocycles. The summed E-state index contributed by atoms with van der Waals surface area (Å²) in [6.45, 7) is 3.74. The summed E-state index contributed by atoms with van der Waals surface area (Å²) in [5.74, 6) is -0.406. The number of phenolic OH excluding ortho intramolecular Hbond substituents is 1. The van der Waals surface area contributed by atoms with E-state index in [9.17, 15) is 14.7 Å². The number of ether oxygens (including phenoxy) is 1. The molecule has 3 aromatic carbocycles. The zero-order valence-corrected chi connectivity index (χ0v) is 23.3. The Bertz CT molecular complexity index is 1730. The molecule has 0 amide bonds. The molecule has 1 atom stereocenters. The van der Waals surface area contributed by atoms with Gasteiger partial charge >= 0.3 is 5.97 Å². The molecule has 0 bridgehead atoms. The van der Waals surface area contributed by atoms with Gasteiger partial charge in [-0.1, -0.05) is 53.8 Å².